The molecule has 3 aromatic carbocycles. The second kappa shape index (κ2) is 6.95. The molecule has 0 radical (unpaired) electrons. The first-order valence-corrected chi connectivity index (χ1v) is 8.00. The van der Waals surface area contributed by atoms with Crippen molar-refractivity contribution in [3.8, 4) is 33.9 Å². The number of aromatic nitrogens is 4. The van der Waals surface area contributed by atoms with Crippen LogP contribution in [-0.2, 0) is 0 Å². The molecule has 7 heteroatoms. The van der Waals surface area contributed by atoms with Gasteiger partial charge in [-0.2, -0.15) is 0 Å². The van der Waals surface area contributed by atoms with E-state index in [0.29, 0.717) is 5.56 Å². The van der Waals surface area contributed by atoms with Crippen LogP contribution in [0.25, 0.3) is 33.9 Å². The Hall–Kier alpha value is -3.61. The van der Waals surface area contributed by atoms with E-state index in [-0.39, 0.29) is 23.0 Å². The molecule has 27 heavy (non-hydrogen) atoms. The molecule has 132 valence electrons. The predicted molar refractivity (Wildman–Crippen MR) is 93.8 cm³/mol. The van der Waals surface area contributed by atoms with Crippen molar-refractivity contribution in [3.63, 3.8) is 0 Å². The van der Waals surface area contributed by atoms with Crippen molar-refractivity contribution in [1.29, 1.82) is 0 Å². The van der Waals surface area contributed by atoms with Crippen molar-refractivity contribution >= 4 is 0 Å². The average molecular weight is 364 g/mol. The molecule has 0 fully saturated rings. The summed E-state index contributed by atoms with van der Waals surface area (Å²) < 4.78 is 40.7. The van der Waals surface area contributed by atoms with Gasteiger partial charge in [0.1, 0.15) is 17.5 Å². The van der Waals surface area contributed by atoms with E-state index >= 15 is 0 Å². The molecule has 0 atom stereocenters. The Morgan fingerprint density at radius 1 is 0.519 bits per heavy atom. The maximum Gasteiger partial charge on any atom is 0.209 e. The van der Waals surface area contributed by atoms with E-state index in [9.17, 15) is 13.2 Å². The van der Waals surface area contributed by atoms with E-state index in [1.165, 1.54) is 18.2 Å². The van der Waals surface area contributed by atoms with Gasteiger partial charge in [0, 0.05) is 5.56 Å². The van der Waals surface area contributed by atoms with Gasteiger partial charge in [0.05, 0.1) is 5.56 Å². The molecule has 0 saturated heterocycles. The summed E-state index contributed by atoms with van der Waals surface area (Å²) >= 11 is 0. The Morgan fingerprint density at radius 2 is 1.07 bits per heavy atom. The predicted octanol–water partition coefficient (Wildman–Crippen LogP) is 4.68. The summed E-state index contributed by atoms with van der Waals surface area (Å²) in [6, 6.07) is 16.8. The van der Waals surface area contributed by atoms with Crippen molar-refractivity contribution in [1.82, 2.24) is 20.4 Å². The molecule has 0 spiro atoms. The summed E-state index contributed by atoms with van der Waals surface area (Å²) in [6.45, 7) is 0. The first kappa shape index (κ1) is 16.8. The summed E-state index contributed by atoms with van der Waals surface area (Å²) in [5.74, 6) is -1.92. The van der Waals surface area contributed by atoms with Crippen LogP contribution >= 0.6 is 0 Å². The van der Waals surface area contributed by atoms with E-state index in [0.717, 1.165) is 23.3 Å². The molecule has 0 bridgehead atoms. The summed E-state index contributed by atoms with van der Waals surface area (Å²) in [7, 11) is 0. The Morgan fingerprint density at radius 3 is 1.74 bits per heavy atom. The van der Waals surface area contributed by atoms with Gasteiger partial charge < -0.3 is 0 Å². The normalized spacial score (nSPS) is 10.8. The second-order valence-corrected chi connectivity index (χ2v) is 5.73. The fourth-order valence-electron chi connectivity index (χ4n) is 2.64. The van der Waals surface area contributed by atoms with E-state index in [1.54, 1.807) is 30.3 Å². The highest BCUT2D eigenvalue weighted by atomic mass is 19.1. The number of halogens is 3. The zero-order valence-electron chi connectivity index (χ0n) is 13.8. The highest BCUT2D eigenvalue weighted by Gasteiger charge is 2.15. The lowest BCUT2D eigenvalue weighted by atomic mass is 10.0. The van der Waals surface area contributed by atoms with Gasteiger partial charge in [0.2, 0.25) is 11.6 Å². The summed E-state index contributed by atoms with van der Waals surface area (Å²) in [5, 5.41) is 15.5. The fraction of sp³-hybridized carbons (Fsp3) is 0. The maximum absolute atomic E-state index is 13.8. The quantitative estimate of drug-likeness (QED) is 0.529. The van der Waals surface area contributed by atoms with Gasteiger partial charge in [-0.25, -0.2) is 13.2 Å². The third-order valence-corrected chi connectivity index (χ3v) is 3.96. The Labute approximate surface area is 152 Å². The monoisotopic (exact) mass is 364 g/mol. The SMILES string of the molecule is Fc1ccc(-c2cccc(-c3nnc(-c4c(F)cccc4F)nn3)c2)cc1. The highest BCUT2D eigenvalue weighted by molar-refractivity contribution is 5.70. The van der Waals surface area contributed by atoms with E-state index in [2.05, 4.69) is 20.4 Å². The van der Waals surface area contributed by atoms with Gasteiger partial charge in [-0.05, 0) is 41.5 Å². The van der Waals surface area contributed by atoms with Gasteiger partial charge in [-0.1, -0.05) is 36.4 Å². The van der Waals surface area contributed by atoms with Crippen LogP contribution in [0.1, 0.15) is 0 Å². The average Bonchev–Trinajstić information content (AvgIpc) is 2.69. The minimum Gasteiger partial charge on any atom is -0.207 e. The number of benzene rings is 3. The van der Waals surface area contributed by atoms with Crippen LogP contribution in [0.4, 0.5) is 13.2 Å². The molecule has 0 unspecified atom stereocenters. The lowest BCUT2D eigenvalue weighted by molar-refractivity contribution is 0.585. The van der Waals surface area contributed by atoms with Gasteiger partial charge in [0.15, 0.2) is 0 Å². The Bertz CT molecular complexity index is 1080. The zero-order valence-corrected chi connectivity index (χ0v) is 13.8. The lowest BCUT2D eigenvalue weighted by Crippen LogP contribution is -2.02. The molecular weight excluding hydrogens is 353 g/mol. The maximum atomic E-state index is 13.8. The fourth-order valence-corrected chi connectivity index (χ4v) is 2.64. The van der Waals surface area contributed by atoms with Crippen LogP contribution in [0.3, 0.4) is 0 Å². The Balaban J connectivity index is 1.69. The zero-order chi connectivity index (χ0) is 18.8. The van der Waals surface area contributed by atoms with E-state index in [4.69, 9.17) is 0 Å². The smallest absolute Gasteiger partial charge is 0.207 e. The van der Waals surface area contributed by atoms with E-state index < -0.39 is 11.6 Å². The van der Waals surface area contributed by atoms with Crippen LogP contribution in [0.5, 0.6) is 0 Å². The Kier molecular flexibility index (Phi) is 4.33. The minimum atomic E-state index is -0.787. The molecule has 0 amide bonds. The molecule has 0 aliphatic carbocycles. The summed E-state index contributed by atoms with van der Waals surface area (Å²) in [5.41, 5.74) is 1.91. The molecule has 1 heterocycles. The number of hydrogen-bond acceptors (Lipinski definition) is 4. The second-order valence-electron chi connectivity index (χ2n) is 5.73. The van der Waals surface area contributed by atoms with Crippen LogP contribution < -0.4 is 0 Å². The first-order chi connectivity index (χ1) is 13.1. The minimum absolute atomic E-state index is 0.208. The van der Waals surface area contributed by atoms with Crippen LogP contribution in [0.2, 0.25) is 0 Å². The molecule has 0 N–H and O–H groups in total. The van der Waals surface area contributed by atoms with Gasteiger partial charge in [0.25, 0.3) is 0 Å². The lowest BCUT2D eigenvalue weighted by Gasteiger charge is -2.05. The van der Waals surface area contributed by atoms with Crippen LogP contribution in [0, 0.1) is 17.5 Å². The molecule has 0 aliphatic heterocycles. The number of hydrogen-bond donors (Lipinski definition) is 0. The van der Waals surface area contributed by atoms with E-state index in [1.807, 2.05) is 6.07 Å². The summed E-state index contributed by atoms with van der Waals surface area (Å²) in [4.78, 5) is 0. The number of nitrogens with zero attached hydrogens (tertiary/aromatic N) is 4. The standard InChI is InChI=1S/C20H11F3N4/c21-15-9-7-12(8-10-15)13-3-1-4-14(11-13)19-24-26-20(27-25-19)18-16(22)5-2-6-17(18)23/h1-11H. The van der Waals surface area contributed by atoms with Crippen molar-refractivity contribution in [2.45, 2.75) is 0 Å². The molecule has 0 aliphatic rings. The highest BCUT2D eigenvalue weighted by Crippen LogP contribution is 2.25. The molecule has 1 aromatic heterocycles. The topological polar surface area (TPSA) is 51.6 Å². The van der Waals surface area contributed by atoms with Gasteiger partial charge >= 0.3 is 0 Å². The van der Waals surface area contributed by atoms with Crippen molar-refractivity contribution in [2.75, 3.05) is 0 Å². The third kappa shape index (κ3) is 3.39. The molecule has 0 saturated carbocycles. The van der Waals surface area contributed by atoms with Crippen molar-refractivity contribution in [3.05, 3.63) is 84.2 Å². The van der Waals surface area contributed by atoms with Crippen LogP contribution in [-0.4, -0.2) is 20.4 Å². The van der Waals surface area contributed by atoms with Gasteiger partial charge in [-0.15, -0.1) is 20.4 Å². The van der Waals surface area contributed by atoms with Gasteiger partial charge in [-0.3, -0.25) is 0 Å². The van der Waals surface area contributed by atoms with Crippen molar-refractivity contribution in [2.24, 2.45) is 0 Å². The molecule has 4 rings (SSSR count). The first-order valence-electron chi connectivity index (χ1n) is 8.00. The largest absolute Gasteiger partial charge is 0.209 e. The molecule has 4 aromatic rings. The van der Waals surface area contributed by atoms with Crippen molar-refractivity contribution < 1.29 is 13.2 Å². The molecule has 4 nitrogen and oxygen atoms in total. The third-order valence-electron chi connectivity index (χ3n) is 3.96. The molecular formula is C20H11F3N4. The number of rotatable bonds is 3. The summed E-state index contributed by atoms with van der Waals surface area (Å²) in [6.07, 6.45) is 0. The van der Waals surface area contributed by atoms with Crippen LogP contribution in [0.15, 0.2) is 66.7 Å².